The molecule has 0 aliphatic carbocycles. The van der Waals surface area contributed by atoms with Crippen LogP contribution in [0, 0.1) is 11.3 Å². The van der Waals surface area contributed by atoms with Crippen LogP contribution in [-0.2, 0) is 0 Å². The quantitative estimate of drug-likeness (QED) is 0.628. The van der Waals surface area contributed by atoms with Crippen LogP contribution in [0.1, 0.15) is 15.9 Å². The van der Waals surface area contributed by atoms with Gasteiger partial charge in [-0.05, 0) is 36.4 Å². The van der Waals surface area contributed by atoms with Crippen LogP contribution in [-0.4, -0.2) is 10.9 Å². The van der Waals surface area contributed by atoms with Gasteiger partial charge in [0.25, 0.3) is 5.91 Å². The fourth-order valence-corrected chi connectivity index (χ4v) is 2.19. The van der Waals surface area contributed by atoms with E-state index in [1.54, 1.807) is 42.6 Å². The molecule has 0 bridgehead atoms. The molecule has 3 aromatic rings. The van der Waals surface area contributed by atoms with Gasteiger partial charge in [0.2, 0.25) is 0 Å². The van der Waals surface area contributed by atoms with Gasteiger partial charge in [-0.1, -0.05) is 6.07 Å². The molecular weight excluding hydrogens is 264 g/mol. The maximum atomic E-state index is 12.3. The van der Waals surface area contributed by atoms with Gasteiger partial charge in [0.15, 0.2) is 0 Å². The Morgan fingerprint density at radius 2 is 2.10 bits per heavy atom. The summed E-state index contributed by atoms with van der Waals surface area (Å²) >= 11 is 0. The summed E-state index contributed by atoms with van der Waals surface area (Å²) in [5, 5.41) is 12.4. The summed E-state index contributed by atoms with van der Waals surface area (Å²) < 4.78 is 0. The summed E-state index contributed by atoms with van der Waals surface area (Å²) in [4.78, 5) is 15.4. The van der Waals surface area contributed by atoms with Crippen molar-refractivity contribution in [3.8, 4) is 6.07 Å². The third kappa shape index (κ3) is 2.42. The molecule has 0 atom stereocenters. The lowest BCUT2D eigenvalue weighted by Crippen LogP contribution is -2.11. The summed E-state index contributed by atoms with van der Waals surface area (Å²) in [5.41, 5.74) is 8.80. The predicted octanol–water partition coefficient (Wildman–Crippen LogP) is 2.87. The van der Waals surface area contributed by atoms with E-state index in [4.69, 9.17) is 11.0 Å². The number of nitrogens with two attached hydrogens (primary N) is 1. The van der Waals surface area contributed by atoms with E-state index < -0.39 is 0 Å². The van der Waals surface area contributed by atoms with Gasteiger partial charge in [-0.15, -0.1) is 0 Å². The number of rotatable bonds is 2. The number of benzene rings is 2. The van der Waals surface area contributed by atoms with Crippen molar-refractivity contribution in [3.63, 3.8) is 0 Å². The smallest absolute Gasteiger partial charge is 0.257 e. The Kier molecular flexibility index (Phi) is 3.05. The van der Waals surface area contributed by atoms with E-state index in [0.29, 0.717) is 22.5 Å². The summed E-state index contributed by atoms with van der Waals surface area (Å²) in [6.07, 6.45) is 1.65. The van der Waals surface area contributed by atoms with Gasteiger partial charge in [-0.2, -0.15) is 5.26 Å². The minimum Gasteiger partial charge on any atom is -0.399 e. The number of nitrogens with one attached hydrogen (secondary N) is 2. The molecule has 1 amide bonds. The Bertz CT molecular complexity index is 873. The van der Waals surface area contributed by atoms with Crippen molar-refractivity contribution in [2.45, 2.75) is 0 Å². The third-order valence-electron chi connectivity index (χ3n) is 3.20. The molecule has 0 saturated heterocycles. The zero-order valence-electron chi connectivity index (χ0n) is 11.1. The average molecular weight is 276 g/mol. The van der Waals surface area contributed by atoms with Crippen molar-refractivity contribution >= 4 is 28.2 Å². The summed E-state index contributed by atoms with van der Waals surface area (Å²) in [6, 6.07) is 14.2. The molecule has 0 aliphatic rings. The second-order valence-electron chi connectivity index (χ2n) is 4.65. The number of hydrogen-bond acceptors (Lipinski definition) is 3. The van der Waals surface area contributed by atoms with Gasteiger partial charge in [0, 0.05) is 28.5 Å². The molecule has 3 rings (SSSR count). The van der Waals surface area contributed by atoms with Crippen LogP contribution in [0.4, 0.5) is 11.4 Å². The first kappa shape index (κ1) is 12.8. The van der Waals surface area contributed by atoms with Crippen LogP contribution in [0.2, 0.25) is 0 Å². The molecular formula is C16H12N4O. The Morgan fingerprint density at radius 1 is 1.24 bits per heavy atom. The molecule has 0 aliphatic heterocycles. The van der Waals surface area contributed by atoms with Crippen molar-refractivity contribution in [2.24, 2.45) is 0 Å². The monoisotopic (exact) mass is 276 g/mol. The van der Waals surface area contributed by atoms with Crippen LogP contribution in [0.3, 0.4) is 0 Å². The molecule has 0 unspecified atom stereocenters. The summed E-state index contributed by atoms with van der Waals surface area (Å²) in [7, 11) is 0. The van der Waals surface area contributed by atoms with E-state index in [-0.39, 0.29) is 5.91 Å². The number of aromatic nitrogens is 1. The maximum absolute atomic E-state index is 12.3. The molecule has 1 heterocycles. The Labute approximate surface area is 121 Å². The number of nitrogens with zero attached hydrogens (tertiary/aromatic N) is 1. The number of carbonyl (C=O) groups excluding carboxylic acids is 1. The van der Waals surface area contributed by atoms with Crippen molar-refractivity contribution in [3.05, 3.63) is 59.8 Å². The van der Waals surface area contributed by atoms with Crippen molar-refractivity contribution < 1.29 is 4.79 Å². The predicted molar refractivity (Wildman–Crippen MR) is 81.8 cm³/mol. The molecule has 21 heavy (non-hydrogen) atoms. The number of nitriles is 1. The number of amides is 1. The number of anilines is 2. The Balaban J connectivity index is 1.94. The van der Waals surface area contributed by atoms with E-state index in [1.165, 1.54) is 0 Å². The lowest BCUT2D eigenvalue weighted by molar-refractivity contribution is 0.102. The van der Waals surface area contributed by atoms with Crippen LogP contribution in [0.5, 0.6) is 0 Å². The number of aromatic amines is 1. The third-order valence-corrected chi connectivity index (χ3v) is 3.20. The van der Waals surface area contributed by atoms with Crippen LogP contribution >= 0.6 is 0 Å². The standard InChI is InChI=1S/C16H12N4O/c17-8-10-2-1-3-12(6-10)20-16(21)14-9-19-15-5-4-11(18)7-13(14)15/h1-7,9,19H,18H2,(H,20,21). The highest BCUT2D eigenvalue weighted by Gasteiger charge is 2.12. The zero-order valence-corrected chi connectivity index (χ0v) is 11.1. The lowest BCUT2D eigenvalue weighted by atomic mass is 10.1. The first-order chi connectivity index (χ1) is 10.2. The molecule has 0 saturated carbocycles. The van der Waals surface area contributed by atoms with E-state index >= 15 is 0 Å². The molecule has 1 aromatic heterocycles. The SMILES string of the molecule is N#Cc1cccc(NC(=O)c2c[nH]c3ccc(N)cc23)c1. The van der Waals surface area contributed by atoms with Gasteiger partial charge in [0.1, 0.15) is 0 Å². The first-order valence-electron chi connectivity index (χ1n) is 6.35. The van der Waals surface area contributed by atoms with Crippen LogP contribution < -0.4 is 11.1 Å². The molecule has 0 spiro atoms. The largest absolute Gasteiger partial charge is 0.399 e. The van der Waals surface area contributed by atoms with Gasteiger partial charge in [-0.25, -0.2) is 0 Å². The molecule has 102 valence electrons. The number of carbonyl (C=O) groups is 1. The van der Waals surface area contributed by atoms with E-state index in [1.807, 2.05) is 12.1 Å². The van der Waals surface area contributed by atoms with E-state index in [2.05, 4.69) is 10.3 Å². The second kappa shape index (κ2) is 5.02. The zero-order chi connectivity index (χ0) is 14.8. The first-order valence-corrected chi connectivity index (χ1v) is 6.35. The molecule has 4 N–H and O–H groups in total. The minimum atomic E-state index is -0.248. The molecule has 0 radical (unpaired) electrons. The van der Waals surface area contributed by atoms with Crippen LogP contribution in [0.15, 0.2) is 48.7 Å². The Morgan fingerprint density at radius 3 is 2.90 bits per heavy atom. The van der Waals surface area contributed by atoms with Crippen molar-refractivity contribution in [2.75, 3.05) is 11.1 Å². The number of nitrogen functional groups attached to an aromatic ring is 1. The molecule has 0 fully saturated rings. The van der Waals surface area contributed by atoms with E-state index in [0.717, 1.165) is 10.9 Å². The average Bonchev–Trinajstić information content (AvgIpc) is 2.90. The highest BCUT2D eigenvalue weighted by molar-refractivity contribution is 6.13. The number of H-pyrrole nitrogens is 1. The molecule has 5 heteroatoms. The van der Waals surface area contributed by atoms with Crippen molar-refractivity contribution in [1.82, 2.24) is 4.98 Å². The molecule has 2 aromatic carbocycles. The topological polar surface area (TPSA) is 94.7 Å². The minimum absolute atomic E-state index is 0.248. The summed E-state index contributed by atoms with van der Waals surface area (Å²) in [5.74, 6) is -0.248. The second-order valence-corrected chi connectivity index (χ2v) is 4.65. The van der Waals surface area contributed by atoms with E-state index in [9.17, 15) is 4.79 Å². The fourth-order valence-electron chi connectivity index (χ4n) is 2.19. The maximum Gasteiger partial charge on any atom is 0.257 e. The van der Waals surface area contributed by atoms with Crippen molar-refractivity contribution in [1.29, 1.82) is 5.26 Å². The van der Waals surface area contributed by atoms with Gasteiger partial charge in [0.05, 0.1) is 17.2 Å². The highest BCUT2D eigenvalue weighted by atomic mass is 16.1. The van der Waals surface area contributed by atoms with Gasteiger partial charge in [-0.3, -0.25) is 4.79 Å². The fraction of sp³-hybridized carbons (Fsp3) is 0. The molecule has 5 nitrogen and oxygen atoms in total. The number of fused-ring (bicyclic) bond motifs is 1. The Hall–Kier alpha value is -3.26. The van der Waals surface area contributed by atoms with Crippen LogP contribution in [0.25, 0.3) is 10.9 Å². The summed E-state index contributed by atoms with van der Waals surface area (Å²) in [6.45, 7) is 0. The van der Waals surface area contributed by atoms with Gasteiger partial charge < -0.3 is 16.0 Å². The lowest BCUT2D eigenvalue weighted by Gasteiger charge is -2.04. The number of hydrogen-bond donors (Lipinski definition) is 3. The normalized spacial score (nSPS) is 10.2. The highest BCUT2D eigenvalue weighted by Crippen LogP contribution is 2.22. The van der Waals surface area contributed by atoms with Gasteiger partial charge >= 0.3 is 0 Å².